The number of ether oxygens (including phenoxy) is 1. The maximum atomic E-state index is 12.6. The number of likely N-dealkylation sites (tertiary alicyclic amines) is 1. The van der Waals surface area contributed by atoms with Crippen molar-refractivity contribution in [3.8, 4) is 5.75 Å². The van der Waals surface area contributed by atoms with Crippen LogP contribution in [0.5, 0.6) is 5.75 Å². The molecule has 0 aliphatic carbocycles. The number of piperidine rings is 1. The van der Waals surface area contributed by atoms with Crippen molar-refractivity contribution in [1.29, 1.82) is 0 Å². The van der Waals surface area contributed by atoms with Crippen LogP contribution in [0.2, 0.25) is 0 Å². The van der Waals surface area contributed by atoms with Crippen LogP contribution in [-0.2, 0) is 9.59 Å². The topological polar surface area (TPSA) is 84.7 Å². The van der Waals surface area contributed by atoms with Gasteiger partial charge in [0.1, 0.15) is 5.75 Å². The van der Waals surface area contributed by atoms with Crippen molar-refractivity contribution in [1.82, 2.24) is 10.2 Å². The first-order valence-electron chi connectivity index (χ1n) is 7.88. The molecule has 6 nitrogen and oxygen atoms in total. The summed E-state index contributed by atoms with van der Waals surface area (Å²) in [6, 6.07) is 7.16. The molecule has 0 aromatic heterocycles. The number of carbonyl (C=O) groups is 2. The minimum atomic E-state index is -0.278. The molecule has 0 spiro atoms. The van der Waals surface area contributed by atoms with Crippen LogP contribution < -0.4 is 15.8 Å². The fraction of sp³-hybridized carbons (Fsp3) is 0.529. The van der Waals surface area contributed by atoms with Gasteiger partial charge < -0.3 is 20.7 Å². The summed E-state index contributed by atoms with van der Waals surface area (Å²) in [5, 5.41) is 2.93. The van der Waals surface area contributed by atoms with Gasteiger partial charge >= 0.3 is 0 Å². The van der Waals surface area contributed by atoms with Crippen molar-refractivity contribution in [2.24, 2.45) is 11.7 Å². The van der Waals surface area contributed by atoms with Crippen molar-refractivity contribution in [3.05, 3.63) is 29.8 Å². The number of halogens is 1. The number of nitrogens with zero attached hydrogens (tertiary/aromatic N) is 1. The van der Waals surface area contributed by atoms with Crippen LogP contribution in [0.3, 0.4) is 0 Å². The smallest absolute Gasteiger partial charge is 0.225 e. The van der Waals surface area contributed by atoms with E-state index in [0.717, 1.165) is 11.3 Å². The van der Waals surface area contributed by atoms with Gasteiger partial charge in [-0.05, 0) is 31.0 Å². The molecule has 2 rings (SSSR count). The van der Waals surface area contributed by atoms with E-state index in [2.05, 4.69) is 5.32 Å². The van der Waals surface area contributed by atoms with Gasteiger partial charge in [0, 0.05) is 26.1 Å². The molecular formula is C17H26ClN3O3. The number of amides is 2. The molecule has 0 radical (unpaired) electrons. The van der Waals surface area contributed by atoms with E-state index in [9.17, 15) is 9.59 Å². The molecule has 7 heteroatoms. The summed E-state index contributed by atoms with van der Waals surface area (Å²) < 4.78 is 5.17. The van der Waals surface area contributed by atoms with Crippen LogP contribution >= 0.6 is 12.4 Å². The summed E-state index contributed by atoms with van der Waals surface area (Å²) in [7, 11) is 3.36. The summed E-state index contributed by atoms with van der Waals surface area (Å²) in [5.41, 5.74) is 6.52. The van der Waals surface area contributed by atoms with Crippen molar-refractivity contribution >= 4 is 24.2 Å². The van der Waals surface area contributed by atoms with Gasteiger partial charge in [0.2, 0.25) is 11.8 Å². The van der Waals surface area contributed by atoms with Crippen LogP contribution in [0.1, 0.15) is 31.4 Å². The van der Waals surface area contributed by atoms with Gasteiger partial charge in [-0.2, -0.15) is 0 Å². The molecule has 2 unspecified atom stereocenters. The first-order valence-corrected chi connectivity index (χ1v) is 7.88. The Morgan fingerprint density at radius 3 is 2.58 bits per heavy atom. The summed E-state index contributed by atoms with van der Waals surface area (Å²) >= 11 is 0. The highest BCUT2D eigenvalue weighted by atomic mass is 35.5. The predicted molar refractivity (Wildman–Crippen MR) is 95.1 cm³/mol. The molecule has 1 aromatic rings. The van der Waals surface area contributed by atoms with Gasteiger partial charge in [0.15, 0.2) is 0 Å². The van der Waals surface area contributed by atoms with Gasteiger partial charge in [-0.15, -0.1) is 12.4 Å². The average Bonchev–Trinajstić information content (AvgIpc) is 2.57. The molecule has 1 aliphatic rings. The lowest BCUT2D eigenvalue weighted by Gasteiger charge is -2.39. The molecule has 1 heterocycles. The van der Waals surface area contributed by atoms with Gasteiger partial charge in [-0.3, -0.25) is 9.59 Å². The maximum absolute atomic E-state index is 12.6. The highest BCUT2D eigenvalue weighted by Gasteiger charge is 2.39. The van der Waals surface area contributed by atoms with E-state index in [0.29, 0.717) is 19.4 Å². The van der Waals surface area contributed by atoms with E-state index in [-0.39, 0.29) is 42.2 Å². The average molecular weight is 356 g/mol. The number of hydrogen-bond acceptors (Lipinski definition) is 4. The monoisotopic (exact) mass is 355 g/mol. The van der Waals surface area contributed by atoms with Crippen LogP contribution in [0.25, 0.3) is 0 Å². The zero-order chi connectivity index (χ0) is 17.0. The second kappa shape index (κ2) is 8.89. The molecule has 3 atom stereocenters. The van der Waals surface area contributed by atoms with E-state index < -0.39 is 0 Å². The first-order chi connectivity index (χ1) is 11.0. The summed E-state index contributed by atoms with van der Waals surface area (Å²) in [6.07, 6.45) is 0.932. The molecule has 2 amide bonds. The SMILES string of the molecule is COc1ccc(C2C(C(=O)N[C@@H](C)CN)CCC(=O)N2C)cc1.Cl. The summed E-state index contributed by atoms with van der Waals surface area (Å²) in [4.78, 5) is 26.4. The number of hydrogen-bond donors (Lipinski definition) is 2. The minimum Gasteiger partial charge on any atom is -0.497 e. The molecule has 0 saturated carbocycles. The van der Waals surface area contributed by atoms with E-state index in [1.807, 2.05) is 31.2 Å². The molecule has 134 valence electrons. The second-order valence-corrected chi connectivity index (χ2v) is 6.01. The lowest BCUT2D eigenvalue weighted by Crippen LogP contribution is -2.49. The van der Waals surface area contributed by atoms with Crippen molar-refractivity contribution in [3.63, 3.8) is 0 Å². The van der Waals surface area contributed by atoms with Gasteiger partial charge in [-0.25, -0.2) is 0 Å². The quantitative estimate of drug-likeness (QED) is 0.838. The van der Waals surface area contributed by atoms with E-state index in [4.69, 9.17) is 10.5 Å². The van der Waals surface area contributed by atoms with Crippen LogP contribution in [0, 0.1) is 5.92 Å². The second-order valence-electron chi connectivity index (χ2n) is 6.01. The minimum absolute atomic E-state index is 0. The number of carbonyl (C=O) groups excluding carboxylic acids is 2. The Morgan fingerprint density at radius 2 is 2.04 bits per heavy atom. The number of benzene rings is 1. The van der Waals surface area contributed by atoms with Gasteiger partial charge in [0.05, 0.1) is 19.1 Å². The number of nitrogens with one attached hydrogen (secondary N) is 1. The van der Waals surface area contributed by atoms with Crippen LogP contribution in [0.4, 0.5) is 0 Å². The van der Waals surface area contributed by atoms with Crippen molar-refractivity contribution in [2.75, 3.05) is 20.7 Å². The largest absolute Gasteiger partial charge is 0.497 e. The number of rotatable bonds is 5. The molecule has 3 N–H and O–H groups in total. The zero-order valence-corrected chi connectivity index (χ0v) is 15.1. The van der Waals surface area contributed by atoms with E-state index >= 15 is 0 Å². The summed E-state index contributed by atoms with van der Waals surface area (Å²) in [5.74, 6) is 0.473. The highest BCUT2D eigenvalue weighted by molar-refractivity contribution is 5.85. The molecule has 1 fully saturated rings. The number of methoxy groups -OCH3 is 1. The Bertz CT molecular complexity index is 565. The lowest BCUT2D eigenvalue weighted by atomic mass is 9.84. The third kappa shape index (κ3) is 4.39. The van der Waals surface area contributed by atoms with Gasteiger partial charge in [-0.1, -0.05) is 12.1 Å². The van der Waals surface area contributed by atoms with Crippen molar-refractivity contribution in [2.45, 2.75) is 31.8 Å². The Kier molecular flexibility index (Phi) is 7.51. The lowest BCUT2D eigenvalue weighted by molar-refractivity contribution is -0.141. The molecule has 0 bridgehead atoms. The van der Waals surface area contributed by atoms with E-state index in [1.165, 1.54) is 0 Å². The third-order valence-electron chi connectivity index (χ3n) is 4.40. The summed E-state index contributed by atoms with van der Waals surface area (Å²) in [6.45, 7) is 2.26. The Hall–Kier alpha value is -1.79. The molecule has 1 aliphatic heterocycles. The Balaban J connectivity index is 0.00000288. The van der Waals surface area contributed by atoms with Crippen LogP contribution in [-0.4, -0.2) is 43.5 Å². The Labute approximate surface area is 149 Å². The number of nitrogens with two attached hydrogens (primary N) is 1. The molecular weight excluding hydrogens is 330 g/mol. The maximum Gasteiger partial charge on any atom is 0.225 e. The molecule has 1 saturated heterocycles. The van der Waals surface area contributed by atoms with Gasteiger partial charge in [0.25, 0.3) is 0 Å². The first kappa shape index (κ1) is 20.3. The predicted octanol–water partition coefficient (Wildman–Crippen LogP) is 1.49. The van der Waals surface area contributed by atoms with Crippen molar-refractivity contribution < 1.29 is 14.3 Å². The standard InChI is InChI=1S/C17H25N3O3.ClH/c1-11(10-18)19-17(22)14-8-9-15(21)20(2)16(14)12-4-6-13(23-3)7-5-12;/h4-7,11,14,16H,8-10,18H2,1-3H3,(H,19,22);1H/t11-,14?,16?;/m0./s1. The van der Waals surface area contributed by atoms with E-state index in [1.54, 1.807) is 19.1 Å². The normalized spacial score (nSPS) is 21.7. The molecule has 24 heavy (non-hydrogen) atoms. The third-order valence-corrected chi connectivity index (χ3v) is 4.40. The molecule has 1 aromatic carbocycles. The fourth-order valence-electron chi connectivity index (χ4n) is 2.98. The Morgan fingerprint density at radius 1 is 1.42 bits per heavy atom. The zero-order valence-electron chi connectivity index (χ0n) is 14.3. The van der Waals surface area contributed by atoms with Crippen LogP contribution in [0.15, 0.2) is 24.3 Å². The highest BCUT2D eigenvalue weighted by Crippen LogP contribution is 2.36. The fourth-order valence-corrected chi connectivity index (χ4v) is 2.98.